The van der Waals surface area contributed by atoms with E-state index in [9.17, 15) is 9.59 Å². The van der Waals surface area contributed by atoms with Crippen LogP contribution in [0.4, 0.5) is 0 Å². The number of carbonyl (C=O) groups is 1. The molecule has 1 aliphatic carbocycles. The number of amides is 1. The predicted molar refractivity (Wildman–Crippen MR) is 120 cm³/mol. The molecule has 1 N–H and O–H groups in total. The van der Waals surface area contributed by atoms with E-state index in [1.54, 1.807) is 29.2 Å². The van der Waals surface area contributed by atoms with Gasteiger partial charge in [-0.15, -0.1) is 0 Å². The second-order valence-electron chi connectivity index (χ2n) is 7.79. The number of rotatable bonds is 6. The number of halogens is 1. The van der Waals surface area contributed by atoms with Gasteiger partial charge in [-0.05, 0) is 69.5 Å². The number of aromatic nitrogens is 3. The molecule has 2 heterocycles. The van der Waals surface area contributed by atoms with Crippen molar-refractivity contribution in [2.75, 3.05) is 6.54 Å². The topological polar surface area (TPSA) is 71.0 Å². The number of likely N-dealkylation sites (N-methyl/N-ethyl adjacent to an activating group) is 1. The van der Waals surface area contributed by atoms with E-state index in [4.69, 9.17) is 11.6 Å². The van der Waals surface area contributed by atoms with Gasteiger partial charge >= 0.3 is 0 Å². The van der Waals surface area contributed by atoms with E-state index < -0.39 is 0 Å². The molecule has 4 rings (SSSR count). The summed E-state index contributed by atoms with van der Waals surface area (Å²) in [6, 6.07) is 7.70. The van der Waals surface area contributed by atoms with Crippen molar-refractivity contribution in [2.45, 2.75) is 46.2 Å². The average Bonchev–Trinajstić information content (AvgIpc) is 3.49. The van der Waals surface area contributed by atoms with Crippen molar-refractivity contribution in [3.8, 4) is 0 Å². The van der Waals surface area contributed by atoms with Gasteiger partial charge in [-0.1, -0.05) is 11.6 Å². The van der Waals surface area contributed by atoms with Gasteiger partial charge in [-0.3, -0.25) is 9.59 Å². The molecule has 1 saturated carbocycles. The zero-order valence-corrected chi connectivity index (χ0v) is 18.2. The summed E-state index contributed by atoms with van der Waals surface area (Å²) in [6.45, 7) is 6.83. The summed E-state index contributed by atoms with van der Waals surface area (Å²) in [5.74, 6) is 0.313. The van der Waals surface area contributed by atoms with Crippen LogP contribution >= 0.6 is 11.6 Å². The standard InChI is InChI=1S/C23H25ClN4O2/c1-4-27(13-21-25-20-12-17(24)6-9-19(20)23(30)26-21)22(29)10-5-16-11-14(2)28(15(16)3)18-7-8-18/h5-6,9-12,18H,4,7-8,13H2,1-3H3,(H,25,26,30). The summed E-state index contributed by atoms with van der Waals surface area (Å²) in [5.41, 5.74) is 3.77. The van der Waals surface area contributed by atoms with Crippen LogP contribution < -0.4 is 5.56 Å². The molecular weight excluding hydrogens is 400 g/mol. The molecule has 30 heavy (non-hydrogen) atoms. The number of benzene rings is 1. The molecule has 7 heteroatoms. The van der Waals surface area contributed by atoms with Crippen LogP contribution in [0.15, 0.2) is 35.1 Å². The summed E-state index contributed by atoms with van der Waals surface area (Å²) in [4.78, 5) is 34.0. The van der Waals surface area contributed by atoms with Crippen LogP contribution in [0.5, 0.6) is 0 Å². The second-order valence-corrected chi connectivity index (χ2v) is 8.22. The maximum atomic E-state index is 12.8. The van der Waals surface area contributed by atoms with Crippen LogP contribution in [0.2, 0.25) is 5.02 Å². The highest BCUT2D eigenvalue weighted by Gasteiger charge is 2.26. The Labute approximate surface area is 180 Å². The van der Waals surface area contributed by atoms with Crippen molar-refractivity contribution in [1.29, 1.82) is 0 Å². The lowest BCUT2D eigenvalue weighted by Crippen LogP contribution is -2.30. The Hall–Kier alpha value is -2.86. The van der Waals surface area contributed by atoms with Gasteiger partial charge in [0, 0.05) is 35.1 Å². The smallest absolute Gasteiger partial charge is 0.258 e. The first kappa shape index (κ1) is 20.4. The lowest BCUT2D eigenvalue weighted by molar-refractivity contribution is -0.126. The van der Waals surface area contributed by atoms with Crippen molar-refractivity contribution >= 4 is 34.5 Å². The number of aryl methyl sites for hydroxylation is 1. The number of H-pyrrole nitrogens is 1. The minimum Gasteiger partial charge on any atom is -0.346 e. The van der Waals surface area contributed by atoms with E-state index in [2.05, 4.69) is 34.4 Å². The average molecular weight is 425 g/mol. The molecule has 2 aromatic heterocycles. The molecule has 0 saturated heterocycles. The molecule has 0 radical (unpaired) electrons. The number of nitrogens with one attached hydrogen (secondary N) is 1. The molecule has 0 unspecified atom stereocenters. The molecule has 6 nitrogen and oxygen atoms in total. The third-order valence-corrected chi connectivity index (χ3v) is 5.83. The second kappa shape index (κ2) is 8.11. The number of hydrogen-bond acceptors (Lipinski definition) is 3. The van der Waals surface area contributed by atoms with Crippen LogP contribution in [0, 0.1) is 13.8 Å². The summed E-state index contributed by atoms with van der Waals surface area (Å²) in [6.07, 6.45) is 5.93. The Kier molecular flexibility index (Phi) is 5.52. The first-order valence-electron chi connectivity index (χ1n) is 10.2. The van der Waals surface area contributed by atoms with E-state index in [1.807, 2.05) is 13.0 Å². The van der Waals surface area contributed by atoms with E-state index in [0.29, 0.717) is 34.3 Å². The Balaban J connectivity index is 1.53. The molecule has 1 amide bonds. The zero-order chi connectivity index (χ0) is 21.4. The highest BCUT2D eigenvalue weighted by Crippen LogP contribution is 2.38. The first-order valence-corrected chi connectivity index (χ1v) is 10.6. The highest BCUT2D eigenvalue weighted by atomic mass is 35.5. The Morgan fingerprint density at radius 1 is 1.33 bits per heavy atom. The molecule has 3 aromatic rings. The van der Waals surface area contributed by atoms with Crippen molar-refractivity contribution in [3.05, 3.63) is 68.5 Å². The molecule has 0 spiro atoms. The summed E-state index contributed by atoms with van der Waals surface area (Å²) in [7, 11) is 0. The van der Waals surface area contributed by atoms with Gasteiger partial charge in [0.15, 0.2) is 0 Å². The molecule has 0 bridgehead atoms. The fraction of sp³-hybridized carbons (Fsp3) is 0.348. The molecule has 0 atom stereocenters. The van der Waals surface area contributed by atoms with Gasteiger partial charge in [0.05, 0.1) is 17.4 Å². The van der Waals surface area contributed by atoms with Crippen molar-refractivity contribution in [2.24, 2.45) is 0 Å². The summed E-state index contributed by atoms with van der Waals surface area (Å²) < 4.78 is 2.36. The third kappa shape index (κ3) is 4.05. The van der Waals surface area contributed by atoms with Gasteiger partial charge in [0.25, 0.3) is 5.56 Å². The summed E-state index contributed by atoms with van der Waals surface area (Å²) in [5, 5.41) is 0.991. The highest BCUT2D eigenvalue weighted by molar-refractivity contribution is 6.31. The number of fused-ring (bicyclic) bond motifs is 1. The fourth-order valence-electron chi connectivity index (χ4n) is 3.89. The zero-order valence-electron chi connectivity index (χ0n) is 17.4. The van der Waals surface area contributed by atoms with Gasteiger partial charge in [0.1, 0.15) is 5.82 Å². The number of nitrogens with zero attached hydrogens (tertiary/aromatic N) is 3. The largest absolute Gasteiger partial charge is 0.346 e. The third-order valence-electron chi connectivity index (χ3n) is 5.59. The minimum absolute atomic E-state index is 0.123. The predicted octanol–water partition coefficient (Wildman–Crippen LogP) is 4.39. The summed E-state index contributed by atoms with van der Waals surface area (Å²) >= 11 is 6.03. The van der Waals surface area contributed by atoms with Crippen LogP contribution in [0.3, 0.4) is 0 Å². The maximum Gasteiger partial charge on any atom is 0.258 e. The number of carbonyl (C=O) groups excluding carboxylic acids is 1. The maximum absolute atomic E-state index is 12.8. The normalized spacial score (nSPS) is 14.0. The van der Waals surface area contributed by atoms with Crippen molar-refractivity contribution in [3.63, 3.8) is 0 Å². The van der Waals surface area contributed by atoms with Crippen molar-refractivity contribution < 1.29 is 4.79 Å². The van der Waals surface area contributed by atoms with E-state index >= 15 is 0 Å². The Bertz CT molecular complexity index is 1200. The Morgan fingerprint density at radius 2 is 2.10 bits per heavy atom. The van der Waals surface area contributed by atoms with Crippen LogP contribution in [-0.4, -0.2) is 31.9 Å². The molecule has 0 aliphatic heterocycles. The minimum atomic E-state index is -0.238. The quantitative estimate of drug-likeness (QED) is 0.596. The number of aromatic amines is 1. The lowest BCUT2D eigenvalue weighted by atomic mass is 10.2. The Morgan fingerprint density at radius 3 is 2.80 bits per heavy atom. The van der Waals surface area contributed by atoms with E-state index in [-0.39, 0.29) is 18.0 Å². The SMILES string of the molecule is CCN(Cc1nc2cc(Cl)ccc2c(=O)[nH]1)C(=O)C=Cc1cc(C)n(C2CC2)c1C. The van der Waals surface area contributed by atoms with Gasteiger partial charge < -0.3 is 14.5 Å². The first-order chi connectivity index (χ1) is 14.4. The molecule has 1 aromatic carbocycles. The van der Waals surface area contributed by atoms with Crippen molar-refractivity contribution in [1.82, 2.24) is 19.4 Å². The van der Waals surface area contributed by atoms with Gasteiger partial charge in [-0.25, -0.2) is 4.98 Å². The van der Waals surface area contributed by atoms with Gasteiger partial charge in [-0.2, -0.15) is 0 Å². The molecule has 1 fully saturated rings. The molecule has 156 valence electrons. The van der Waals surface area contributed by atoms with Crippen LogP contribution in [0.25, 0.3) is 17.0 Å². The van der Waals surface area contributed by atoms with E-state index in [1.165, 1.54) is 24.2 Å². The van der Waals surface area contributed by atoms with Gasteiger partial charge in [0.2, 0.25) is 5.91 Å². The monoisotopic (exact) mass is 424 g/mol. The molecular formula is C23H25ClN4O2. The fourth-order valence-corrected chi connectivity index (χ4v) is 4.06. The van der Waals surface area contributed by atoms with Crippen LogP contribution in [-0.2, 0) is 11.3 Å². The number of hydrogen-bond donors (Lipinski definition) is 1. The van der Waals surface area contributed by atoms with Crippen LogP contribution in [0.1, 0.15) is 48.6 Å². The molecule has 1 aliphatic rings. The van der Waals surface area contributed by atoms with E-state index in [0.717, 1.165) is 5.56 Å². The lowest BCUT2D eigenvalue weighted by Gasteiger charge is -2.18.